The minimum Gasteiger partial charge on any atom is -0.385 e. The number of nitrogens with one attached hydrogen (secondary N) is 1. The van der Waals surface area contributed by atoms with Crippen molar-refractivity contribution in [2.24, 2.45) is 5.73 Å². The molecule has 0 radical (unpaired) electrons. The summed E-state index contributed by atoms with van der Waals surface area (Å²) in [6.45, 7) is 0.790. The lowest BCUT2D eigenvalue weighted by molar-refractivity contribution is -0.118. The first-order chi connectivity index (χ1) is 9.17. The number of nitrogens with zero attached hydrogens (tertiary/aromatic N) is 1. The maximum atomic E-state index is 12.2. The first-order valence-corrected chi connectivity index (χ1v) is 6.09. The summed E-state index contributed by atoms with van der Waals surface area (Å²) in [7, 11) is 1.56. The maximum Gasteiger partial charge on any atom is 0.329 e. The molecule has 1 heterocycles. The van der Waals surface area contributed by atoms with Crippen LogP contribution < -0.4 is 16.0 Å². The second-order valence-corrected chi connectivity index (χ2v) is 4.33. The standard InChI is InChI=1S/C13H17N3O3/c1-19-6-5-11-12(17)16(13(18)15-11)10-4-2-3-9(7-10)8-14/h2-4,7,11H,5-6,8,14H2,1H3,(H,15,18). The molecule has 1 aromatic rings. The van der Waals surface area contributed by atoms with Crippen molar-refractivity contribution < 1.29 is 14.3 Å². The summed E-state index contributed by atoms with van der Waals surface area (Å²) in [6.07, 6.45) is 0.466. The molecule has 1 aliphatic rings. The lowest BCUT2D eigenvalue weighted by Crippen LogP contribution is -2.31. The van der Waals surface area contributed by atoms with E-state index in [9.17, 15) is 9.59 Å². The van der Waals surface area contributed by atoms with Crippen LogP contribution in [-0.2, 0) is 16.1 Å². The van der Waals surface area contributed by atoms with Crippen molar-refractivity contribution in [2.75, 3.05) is 18.6 Å². The fourth-order valence-corrected chi connectivity index (χ4v) is 2.03. The lowest BCUT2D eigenvalue weighted by Gasteiger charge is -2.14. The van der Waals surface area contributed by atoms with Gasteiger partial charge in [-0.15, -0.1) is 0 Å². The molecule has 1 atom stereocenters. The highest BCUT2D eigenvalue weighted by Gasteiger charge is 2.38. The Morgan fingerprint density at radius 3 is 2.89 bits per heavy atom. The number of benzene rings is 1. The van der Waals surface area contributed by atoms with Crippen molar-refractivity contribution in [3.05, 3.63) is 29.8 Å². The molecular weight excluding hydrogens is 246 g/mol. The molecule has 19 heavy (non-hydrogen) atoms. The Kier molecular flexibility index (Phi) is 4.13. The van der Waals surface area contributed by atoms with Crippen LogP contribution in [0.1, 0.15) is 12.0 Å². The van der Waals surface area contributed by atoms with Crippen LogP contribution in [0.2, 0.25) is 0 Å². The molecular formula is C13H17N3O3. The van der Waals surface area contributed by atoms with E-state index in [0.717, 1.165) is 10.5 Å². The molecule has 6 heteroatoms. The topological polar surface area (TPSA) is 84.7 Å². The Bertz CT molecular complexity index is 490. The molecule has 2 rings (SSSR count). The van der Waals surface area contributed by atoms with Crippen molar-refractivity contribution >= 4 is 17.6 Å². The average molecular weight is 263 g/mol. The van der Waals surface area contributed by atoms with Crippen LogP contribution in [0.15, 0.2) is 24.3 Å². The van der Waals surface area contributed by atoms with E-state index in [-0.39, 0.29) is 5.91 Å². The Balaban J connectivity index is 2.19. The summed E-state index contributed by atoms with van der Waals surface area (Å²) in [4.78, 5) is 25.2. The van der Waals surface area contributed by atoms with E-state index in [4.69, 9.17) is 10.5 Å². The smallest absolute Gasteiger partial charge is 0.329 e. The maximum absolute atomic E-state index is 12.2. The summed E-state index contributed by atoms with van der Waals surface area (Å²) in [5.74, 6) is -0.253. The van der Waals surface area contributed by atoms with Crippen molar-refractivity contribution in [2.45, 2.75) is 19.0 Å². The summed E-state index contributed by atoms with van der Waals surface area (Å²) >= 11 is 0. The van der Waals surface area contributed by atoms with Gasteiger partial charge < -0.3 is 15.8 Å². The molecule has 3 N–H and O–H groups in total. The number of nitrogens with two attached hydrogens (primary N) is 1. The van der Waals surface area contributed by atoms with Crippen LogP contribution in [0.4, 0.5) is 10.5 Å². The van der Waals surface area contributed by atoms with E-state index in [2.05, 4.69) is 5.32 Å². The number of rotatable bonds is 5. The SMILES string of the molecule is COCCC1NC(=O)N(c2cccc(CN)c2)C1=O. The normalized spacial score (nSPS) is 18.8. The van der Waals surface area contributed by atoms with Gasteiger partial charge in [0.1, 0.15) is 6.04 Å². The van der Waals surface area contributed by atoms with E-state index in [1.165, 1.54) is 0 Å². The number of hydrogen-bond acceptors (Lipinski definition) is 4. The van der Waals surface area contributed by atoms with Crippen LogP contribution in [0.25, 0.3) is 0 Å². The Hall–Kier alpha value is -1.92. The first kappa shape index (κ1) is 13.5. The minimum absolute atomic E-state index is 0.253. The van der Waals surface area contributed by atoms with Gasteiger partial charge in [-0.2, -0.15) is 0 Å². The number of anilines is 1. The Morgan fingerprint density at radius 1 is 1.42 bits per heavy atom. The molecule has 0 aromatic heterocycles. The van der Waals surface area contributed by atoms with Crippen molar-refractivity contribution in [1.29, 1.82) is 0 Å². The third-order valence-corrected chi connectivity index (χ3v) is 3.03. The number of urea groups is 1. The van der Waals surface area contributed by atoms with Gasteiger partial charge in [-0.05, 0) is 17.7 Å². The molecule has 1 saturated heterocycles. The summed E-state index contributed by atoms with van der Waals surface area (Å²) < 4.78 is 4.93. The van der Waals surface area contributed by atoms with Gasteiger partial charge >= 0.3 is 6.03 Å². The highest BCUT2D eigenvalue weighted by atomic mass is 16.5. The van der Waals surface area contributed by atoms with Crippen molar-refractivity contribution in [3.63, 3.8) is 0 Å². The number of ether oxygens (including phenoxy) is 1. The molecule has 1 fully saturated rings. The number of carbonyl (C=O) groups excluding carboxylic acids is 2. The van der Waals surface area contributed by atoms with Crippen LogP contribution >= 0.6 is 0 Å². The molecule has 0 aliphatic carbocycles. The second-order valence-electron chi connectivity index (χ2n) is 4.33. The molecule has 3 amide bonds. The predicted octanol–water partition coefficient (Wildman–Crippen LogP) is 0.607. The zero-order valence-corrected chi connectivity index (χ0v) is 10.8. The first-order valence-electron chi connectivity index (χ1n) is 6.09. The summed E-state index contributed by atoms with van der Waals surface area (Å²) in [5, 5.41) is 2.65. The molecule has 0 bridgehead atoms. The predicted molar refractivity (Wildman–Crippen MR) is 70.6 cm³/mol. The molecule has 1 aromatic carbocycles. The van der Waals surface area contributed by atoms with Gasteiger partial charge in [0.05, 0.1) is 5.69 Å². The van der Waals surface area contributed by atoms with Crippen LogP contribution in [-0.4, -0.2) is 31.7 Å². The largest absolute Gasteiger partial charge is 0.385 e. The highest BCUT2D eigenvalue weighted by Crippen LogP contribution is 2.21. The summed E-state index contributed by atoms with van der Waals surface area (Å²) in [6, 6.07) is 6.17. The van der Waals surface area contributed by atoms with E-state index < -0.39 is 12.1 Å². The fraction of sp³-hybridized carbons (Fsp3) is 0.385. The molecule has 0 saturated carbocycles. The second kappa shape index (κ2) is 5.81. The van der Waals surface area contributed by atoms with Crippen LogP contribution in [0.3, 0.4) is 0 Å². The van der Waals surface area contributed by atoms with Crippen LogP contribution in [0.5, 0.6) is 0 Å². The van der Waals surface area contributed by atoms with Crippen LogP contribution in [0, 0.1) is 0 Å². The van der Waals surface area contributed by atoms with Gasteiger partial charge in [0.2, 0.25) is 0 Å². The molecule has 1 aliphatic heterocycles. The number of imide groups is 1. The van der Waals surface area contributed by atoms with Gasteiger partial charge in [0, 0.05) is 26.7 Å². The average Bonchev–Trinajstić information content (AvgIpc) is 2.71. The van der Waals surface area contributed by atoms with Gasteiger partial charge in [-0.3, -0.25) is 4.79 Å². The fourth-order valence-electron chi connectivity index (χ4n) is 2.03. The van der Waals surface area contributed by atoms with Gasteiger partial charge in [0.15, 0.2) is 0 Å². The third kappa shape index (κ3) is 2.74. The lowest BCUT2D eigenvalue weighted by atomic mass is 10.1. The van der Waals surface area contributed by atoms with Gasteiger partial charge in [-0.25, -0.2) is 9.69 Å². The van der Waals surface area contributed by atoms with E-state index in [1.807, 2.05) is 6.07 Å². The minimum atomic E-state index is -0.519. The number of carbonyl (C=O) groups is 2. The summed E-state index contributed by atoms with van der Waals surface area (Å²) in [5.41, 5.74) is 6.98. The zero-order chi connectivity index (χ0) is 13.8. The van der Waals surface area contributed by atoms with E-state index in [0.29, 0.717) is 25.3 Å². The molecule has 102 valence electrons. The van der Waals surface area contributed by atoms with E-state index >= 15 is 0 Å². The van der Waals surface area contributed by atoms with Gasteiger partial charge in [0.25, 0.3) is 5.91 Å². The van der Waals surface area contributed by atoms with Crippen molar-refractivity contribution in [3.8, 4) is 0 Å². The number of hydrogen-bond donors (Lipinski definition) is 2. The quantitative estimate of drug-likeness (QED) is 0.762. The molecule has 6 nitrogen and oxygen atoms in total. The van der Waals surface area contributed by atoms with Crippen molar-refractivity contribution in [1.82, 2.24) is 5.32 Å². The third-order valence-electron chi connectivity index (χ3n) is 3.03. The molecule has 0 spiro atoms. The molecule has 1 unspecified atom stereocenters. The number of methoxy groups -OCH3 is 1. The Labute approximate surface area is 111 Å². The highest BCUT2D eigenvalue weighted by molar-refractivity contribution is 6.21. The Morgan fingerprint density at radius 2 is 2.21 bits per heavy atom. The van der Waals surface area contributed by atoms with E-state index in [1.54, 1.807) is 25.3 Å². The van der Waals surface area contributed by atoms with Gasteiger partial charge in [-0.1, -0.05) is 12.1 Å². The number of amides is 3. The zero-order valence-electron chi connectivity index (χ0n) is 10.8. The monoisotopic (exact) mass is 263 g/mol.